The van der Waals surface area contributed by atoms with Crippen molar-refractivity contribution >= 4 is 11.7 Å². The number of phenolic OH excluding ortho intramolecular Hbond substituents is 1. The van der Waals surface area contributed by atoms with E-state index < -0.39 is 6.03 Å². The van der Waals surface area contributed by atoms with Crippen LogP contribution < -0.4 is 10.6 Å². The lowest BCUT2D eigenvalue weighted by Gasteiger charge is -2.20. The molecule has 1 aromatic rings. The normalized spacial score (nSPS) is 10.8. The Morgan fingerprint density at radius 1 is 0.808 bits per heavy atom. The van der Waals surface area contributed by atoms with Crippen molar-refractivity contribution in [1.82, 2.24) is 0 Å². The second kappa shape index (κ2) is 14.5. The molecular formula is C22H38N2O2. The fourth-order valence-electron chi connectivity index (χ4n) is 3.29. The monoisotopic (exact) mass is 362 g/mol. The van der Waals surface area contributed by atoms with Crippen LogP contribution in [0.25, 0.3) is 0 Å². The van der Waals surface area contributed by atoms with E-state index in [1.807, 2.05) is 0 Å². The minimum atomic E-state index is -0.436. The van der Waals surface area contributed by atoms with Gasteiger partial charge in [0.2, 0.25) is 0 Å². The molecular weight excluding hydrogens is 324 g/mol. The molecule has 0 fully saturated rings. The maximum Gasteiger partial charge on any atom is 0.319 e. The van der Waals surface area contributed by atoms with Crippen molar-refractivity contribution in [2.24, 2.45) is 5.73 Å². The summed E-state index contributed by atoms with van der Waals surface area (Å²) in [4.78, 5) is 13.2. The number of carbonyl (C=O) groups is 1. The van der Waals surface area contributed by atoms with Gasteiger partial charge in [-0.05, 0) is 30.7 Å². The highest BCUT2D eigenvalue weighted by atomic mass is 16.3. The second-order valence-corrected chi connectivity index (χ2v) is 7.25. The topological polar surface area (TPSA) is 66.6 Å². The number of phenols is 1. The maximum absolute atomic E-state index is 11.6. The van der Waals surface area contributed by atoms with Crippen molar-refractivity contribution in [3.8, 4) is 5.75 Å². The van der Waals surface area contributed by atoms with Gasteiger partial charge in [0.15, 0.2) is 0 Å². The molecule has 3 N–H and O–H groups in total. The van der Waals surface area contributed by atoms with Gasteiger partial charge >= 0.3 is 6.03 Å². The number of carbonyl (C=O) groups excluding carboxylic acids is 1. The molecule has 0 spiro atoms. The third-order valence-electron chi connectivity index (χ3n) is 4.91. The van der Waals surface area contributed by atoms with Gasteiger partial charge in [-0.2, -0.15) is 0 Å². The van der Waals surface area contributed by atoms with Crippen LogP contribution in [-0.2, 0) is 0 Å². The van der Waals surface area contributed by atoms with Crippen molar-refractivity contribution in [2.45, 2.75) is 90.4 Å². The zero-order valence-electron chi connectivity index (χ0n) is 16.6. The average Bonchev–Trinajstić information content (AvgIpc) is 2.63. The van der Waals surface area contributed by atoms with Gasteiger partial charge in [0.05, 0.1) is 0 Å². The van der Waals surface area contributed by atoms with E-state index in [9.17, 15) is 9.90 Å². The number of nitrogens with zero attached hydrogens (tertiary/aromatic N) is 1. The smallest absolute Gasteiger partial charge is 0.319 e. The number of urea groups is 1. The van der Waals surface area contributed by atoms with Gasteiger partial charge in [0.25, 0.3) is 0 Å². The van der Waals surface area contributed by atoms with Crippen LogP contribution in [0.2, 0.25) is 0 Å². The number of benzene rings is 1. The van der Waals surface area contributed by atoms with E-state index in [0.29, 0.717) is 6.54 Å². The van der Waals surface area contributed by atoms with Crippen LogP contribution in [0.5, 0.6) is 5.75 Å². The molecule has 0 bridgehead atoms. The highest BCUT2D eigenvalue weighted by Gasteiger charge is 2.11. The van der Waals surface area contributed by atoms with Crippen molar-refractivity contribution < 1.29 is 9.90 Å². The molecule has 0 aliphatic rings. The van der Waals surface area contributed by atoms with Gasteiger partial charge in [-0.15, -0.1) is 0 Å². The molecule has 0 aliphatic heterocycles. The largest absolute Gasteiger partial charge is 0.508 e. The number of aromatic hydroxyl groups is 1. The minimum Gasteiger partial charge on any atom is -0.508 e. The summed E-state index contributed by atoms with van der Waals surface area (Å²) in [5.41, 5.74) is 6.22. The summed E-state index contributed by atoms with van der Waals surface area (Å²) in [5.74, 6) is 0.194. The van der Waals surface area contributed by atoms with E-state index in [0.717, 1.165) is 18.5 Å². The second-order valence-electron chi connectivity index (χ2n) is 7.25. The Labute approximate surface area is 159 Å². The van der Waals surface area contributed by atoms with Crippen LogP contribution >= 0.6 is 0 Å². The number of hydrogen-bond acceptors (Lipinski definition) is 2. The van der Waals surface area contributed by atoms with E-state index in [4.69, 9.17) is 5.73 Å². The molecule has 4 nitrogen and oxygen atoms in total. The van der Waals surface area contributed by atoms with Gasteiger partial charge in [0, 0.05) is 12.2 Å². The van der Waals surface area contributed by atoms with Gasteiger partial charge < -0.3 is 10.8 Å². The summed E-state index contributed by atoms with van der Waals surface area (Å²) in [7, 11) is 0. The Morgan fingerprint density at radius 2 is 1.23 bits per heavy atom. The summed E-state index contributed by atoms with van der Waals surface area (Å²) in [6.45, 7) is 2.90. The van der Waals surface area contributed by atoms with Crippen molar-refractivity contribution in [3.05, 3.63) is 24.3 Å². The lowest BCUT2D eigenvalue weighted by molar-refractivity contribution is 0.253. The number of primary amides is 1. The molecule has 0 saturated heterocycles. The molecule has 0 aromatic heterocycles. The van der Waals surface area contributed by atoms with E-state index in [1.165, 1.54) is 70.6 Å². The molecule has 0 atom stereocenters. The molecule has 0 saturated carbocycles. The predicted octanol–water partition coefficient (Wildman–Crippen LogP) is 6.37. The standard InChI is InChI=1S/C22H38N2O2/c1-2-3-4-5-6-7-8-9-10-11-12-13-14-19-24(22(23)26)20-15-17-21(25)18-16-20/h15-18,25H,2-14,19H2,1H3,(H2,23,26). The van der Waals surface area contributed by atoms with Crippen LogP contribution in [0.4, 0.5) is 10.5 Å². The van der Waals surface area contributed by atoms with E-state index in [2.05, 4.69) is 6.92 Å². The first-order chi connectivity index (χ1) is 12.6. The summed E-state index contributed by atoms with van der Waals surface area (Å²) >= 11 is 0. The molecule has 0 radical (unpaired) electrons. The van der Waals surface area contributed by atoms with Crippen LogP contribution in [0.3, 0.4) is 0 Å². The summed E-state index contributed by atoms with van der Waals surface area (Å²) < 4.78 is 0. The van der Waals surface area contributed by atoms with Crippen LogP contribution in [0, 0.1) is 0 Å². The fraction of sp³-hybridized carbons (Fsp3) is 0.682. The highest BCUT2D eigenvalue weighted by molar-refractivity contribution is 5.90. The summed E-state index contributed by atoms with van der Waals surface area (Å²) in [5, 5.41) is 9.34. The lowest BCUT2D eigenvalue weighted by atomic mass is 10.0. The first-order valence-corrected chi connectivity index (χ1v) is 10.5. The van der Waals surface area contributed by atoms with Crippen molar-refractivity contribution in [1.29, 1.82) is 0 Å². The van der Waals surface area contributed by atoms with E-state index >= 15 is 0 Å². The molecule has 0 unspecified atom stereocenters. The number of rotatable bonds is 15. The van der Waals surface area contributed by atoms with Gasteiger partial charge in [-0.3, -0.25) is 4.90 Å². The summed E-state index contributed by atoms with van der Waals surface area (Å²) in [6.07, 6.45) is 17.0. The Kier molecular flexibility index (Phi) is 12.4. The third-order valence-corrected chi connectivity index (χ3v) is 4.91. The van der Waals surface area contributed by atoms with Crippen molar-refractivity contribution in [3.63, 3.8) is 0 Å². The fourth-order valence-corrected chi connectivity index (χ4v) is 3.29. The quantitative estimate of drug-likeness (QED) is 0.356. The number of hydrogen-bond donors (Lipinski definition) is 2. The molecule has 1 aromatic carbocycles. The van der Waals surface area contributed by atoms with E-state index in [1.54, 1.807) is 29.2 Å². The van der Waals surface area contributed by atoms with Crippen molar-refractivity contribution in [2.75, 3.05) is 11.4 Å². The number of anilines is 1. The maximum atomic E-state index is 11.6. The molecule has 148 valence electrons. The molecule has 1 rings (SSSR count). The third kappa shape index (κ3) is 10.3. The Bertz CT molecular complexity index is 474. The average molecular weight is 363 g/mol. The number of nitrogens with two attached hydrogens (primary N) is 1. The van der Waals surface area contributed by atoms with Gasteiger partial charge in [-0.1, -0.05) is 84.0 Å². The van der Waals surface area contributed by atoms with Gasteiger partial charge in [0.1, 0.15) is 5.75 Å². The molecule has 4 heteroatoms. The lowest BCUT2D eigenvalue weighted by Crippen LogP contribution is -2.36. The zero-order valence-corrected chi connectivity index (χ0v) is 16.6. The first-order valence-electron chi connectivity index (χ1n) is 10.5. The zero-order chi connectivity index (χ0) is 19.0. The minimum absolute atomic E-state index is 0.194. The van der Waals surface area contributed by atoms with Crippen LogP contribution in [0.1, 0.15) is 90.4 Å². The highest BCUT2D eigenvalue weighted by Crippen LogP contribution is 2.19. The SMILES string of the molecule is CCCCCCCCCCCCCCCN(C(N)=O)c1ccc(O)cc1. The predicted molar refractivity (Wildman–Crippen MR) is 111 cm³/mol. The van der Waals surface area contributed by atoms with Crippen LogP contribution in [0.15, 0.2) is 24.3 Å². The molecule has 26 heavy (non-hydrogen) atoms. The molecule has 0 heterocycles. The number of amides is 2. The first kappa shape index (κ1) is 22.3. The van der Waals surface area contributed by atoms with E-state index in [-0.39, 0.29) is 5.75 Å². The number of unbranched alkanes of at least 4 members (excludes halogenated alkanes) is 12. The Morgan fingerprint density at radius 3 is 1.65 bits per heavy atom. The summed E-state index contributed by atoms with van der Waals surface area (Å²) in [6, 6.07) is 6.17. The van der Waals surface area contributed by atoms with Gasteiger partial charge in [-0.25, -0.2) is 4.79 Å². The van der Waals surface area contributed by atoms with Crippen LogP contribution in [-0.4, -0.2) is 17.7 Å². The Hall–Kier alpha value is -1.71. The Balaban J connectivity index is 2.01. The molecule has 0 aliphatic carbocycles. The molecule has 2 amide bonds.